The molecule has 1 aromatic rings. The highest BCUT2D eigenvalue weighted by atomic mass is 16.5. The summed E-state index contributed by atoms with van der Waals surface area (Å²) in [4.78, 5) is 11.8. The minimum atomic E-state index is -0.252. The van der Waals surface area contributed by atoms with Crippen LogP contribution in [-0.2, 0) is 6.42 Å². The molecule has 0 saturated carbocycles. The predicted molar refractivity (Wildman–Crippen MR) is 54.9 cm³/mol. The fourth-order valence-corrected chi connectivity index (χ4v) is 1.83. The van der Waals surface area contributed by atoms with Gasteiger partial charge in [0.1, 0.15) is 5.75 Å². The number of carbonyl (C=O) groups excluding carboxylic acids is 1. The quantitative estimate of drug-likeness (QED) is 0.716. The number of hydrogen-bond acceptors (Lipinski definition) is 2. The van der Waals surface area contributed by atoms with E-state index in [9.17, 15) is 4.79 Å². The van der Waals surface area contributed by atoms with Crippen LogP contribution in [0.5, 0.6) is 5.75 Å². The molecule has 0 N–H and O–H groups in total. The van der Waals surface area contributed by atoms with Crippen LogP contribution in [0.25, 0.3) is 0 Å². The van der Waals surface area contributed by atoms with Crippen LogP contribution < -0.4 is 4.74 Å². The lowest BCUT2D eigenvalue weighted by Crippen LogP contribution is -2.18. The molecule has 2 heteroatoms. The number of carbonyl (C=O) groups is 1. The number of Topliss-reactive ketones (excluding diaryl/α,β-unsaturated/α-hetero) is 1. The number of ketones is 1. The van der Waals surface area contributed by atoms with Crippen molar-refractivity contribution in [2.24, 2.45) is 0 Å². The summed E-state index contributed by atoms with van der Waals surface area (Å²) in [5, 5.41) is 0. The van der Waals surface area contributed by atoms with Crippen molar-refractivity contribution in [3.63, 3.8) is 0 Å². The highest BCUT2D eigenvalue weighted by Crippen LogP contribution is 2.33. The summed E-state index contributed by atoms with van der Waals surface area (Å²) in [6.07, 6.45) is 1.40. The summed E-state index contributed by atoms with van der Waals surface area (Å²) in [6, 6.07) is 5.80. The van der Waals surface area contributed by atoms with Gasteiger partial charge in [-0.2, -0.15) is 0 Å². The minimum absolute atomic E-state index is 0.137. The molecule has 1 aliphatic heterocycles. The summed E-state index contributed by atoms with van der Waals surface area (Å²) in [7, 11) is 0. The Labute approximate surface area is 83.9 Å². The maximum Gasteiger partial charge on any atom is 0.207 e. The van der Waals surface area contributed by atoms with E-state index < -0.39 is 0 Å². The Kier molecular flexibility index (Phi) is 2.28. The van der Waals surface area contributed by atoms with Gasteiger partial charge in [0.15, 0.2) is 6.10 Å². The second-order valence-electron chi connectivity index (χ2n) is 3.53. The van der Waals surface area contributed by atoms with E-state index in [1.54, 1.807) is 0 Å². The van der Waals surface area contributed by atoms with Gasteiger partial charge in [-0.1, -0.05) is 26.0 Å². The van der Waals surface area contributed by atoms with Crippen molar-refractivity contribution in [2.45, 2.75) is 32.8 Å². The van der Waals surface area contributed by atoms with Gasteiger partial charge in [-0.3, -0.25) is 4.79 Å². The molecule has 1 aromatic carbocycles. The predicted octanol–water partition coefficient (Wildman–Crippen LogP) is 2.60. The highest BCUT2D eigenvalue weighted by molar-refractivity contribution is 6.04. The lowest BCUT2D eigenvalue weighted by atomic mass is 10.0. The lowest BCUT2D eigenvalue weighted by molar-refractivity contribution is 0.0852. The largest absolute Gasteiger partial charge is 0.481 e. The zero-order chi connectivity index (χ0) is 10.1. The van der Waals surface area contributed by atoms with Crippen LogP contribution in [0.15, 0.2) is 18.2 Å². The molecule has 0 saturated heterocycles. The standard InChI is InChI=1S/C12H14O2/c1-3-8-6-5-7-9-11(13)10(4-2)14-12(8)9/h5-7,10H,3-4H2,1-2H3. The van der Waals surface area contributed by atoms with Crippen molar-refractivity contribution in [2.75, 3.05) is 0 Å². The molecule has 0 aromatic heterocycles. The first-order chi connectivity index (χ1) is 6.77. The molecular formula is C12H14O2. The smallest absolute Gasteiger partial charge is 0.207 e. The maximum absolute atomic E-state index is 11.8. The fourth-order valence-electron chi connectivity index (χ4n) is 1.83. The monoisotopic (exact) mass is 190 g/mol. The van der Waals surface area contributed by atoms with Crippen LogP contribution in [0.2, 0.25) is 0 Å². The Hall–Kier alpha value is -1.31. The second-order valence-corrected chi connectivity index (χ2v) is 3.53. The molecule has 1 atom stereocenters. The molecule has 0 aliphatic carbocycles. The number of fused-ring (bicyclic) bond motifs is 1. The number of ether oxygens (including phenoxy) is 1. The molecular weight excluding hydrogens is 176 g/mol. The summed E-state index contributed by atoms with van der Waals surface area (Å²) in [6.45, 7) is 4.04. The summed E-state index contributed by atoms with van der Waals surface area (Å²) in [5.74, 6) is 0.949. The third-order valence-corrected chi connectivity index (χ3v) is 2.67. The van der Waals surface area contributed by atoms with Crippen LogP contribution >= 0.6 is 0 Å². The lowest BCUT2D eigenvalue weighted by Gasteiger charge is -2.07. The van der Waals surface area contributed by atoms with Crippen molar-refractivity contribution >= 4 is 5.78 Å². The Bertz CT molecular complexity index is 369. The third kappa shape index (κ3) is 1.22. The molecule has 0 bridgehead atoms. The topological polar surface area (TPSA) is 26.3 Å². The van der Waals surface area contributed by atoms with E-state index in [4.69, 9.17) is 4.74 Å². The fraction of sp³-hybridized carbons (Fsp3) is 0.417. The van der Waals surface area contributed by atoms with Gasteiger partial charge >= 0.3 is 0 Å². The summed E-state index contributed by atoms with van der Waals surface area (Å²) < 4.78 is 5.64. The molecule has 2 rings (SSSR count). The average molecular weight is 190 g/mol. The van der Waals surface area contributed by atoms with E-state index in [0.29, 0.717) is 0 Å². The number of benzene rings is 1. The number of hydrogen-bond donors (Lipinski definition) is 0. The molecule has 0 spiro atoms. The second kappa shape index (κ2) is 3.45. The molecule has 74 valence electrons. The van der Waals surface area contributed by atoms with Crippen molar-refractivity contribution in [1.82, 2.24) is 0 Å². The zero-order valence-electron chi connectivity index (χ0n) is 8.54. The van der Waals surface area contributed by atoms with Crippen LogP contribution in [0, 0.1) is 0 Å². The van der Waals surface area contributed by atoms with Gasteiger partial charge in [-0.25, -0.2) is 0 Å². The highest BCUT2D eigenvalue weighted by Gasteiger charge is 2.31. The first-order valence-electron chi connectivity index (χ1n) is 5.10. The molecule has 14 heavy (non-hydrogen) atoms. The Morgan fingerprint density at radius 2 is 2.14 bits per heavy atom. The Morgan fingerprint density at radius 1 is 1.36 bits per heavy atom. The van der Waals surface area contributed by atoms with Crippen LogP contribution in [-0.4, -0.2) is 11.9 Å². The van der Waals surface area contributed by atoms with E-state index in [2.05, 4.69) is 6.92 Å². The van der Waals surface area contributed by atoms with Gasteiger partial charge in [0, 0.05) is 0 Å². The van der Waals surface area contributed by atoms with Crippen molar-refractivity contribution in [1.29, 1.82) is 0 Å². The maximum atomic E-state index is 11.8. The molecule has 2 nitrogen and oxygen atoms in total. The van der Waals surface area contributed by atoms with E-state index in [0.717, 1.165) is 29.7 Å². The van der Waals surface area contributed by atoms with E-state index in [-0.39, 0.29) is 11.9 Å². The molecule has 1 heterocycles. The Morgan fingerprint density at radius 3 is 2.79 bits per heavy atom. The van der Waals surface area contributed by atoms with Crippen molar-refractivity contribution in [3.05, 3.63) is 29.3 Å². The number of para-hydroxylation sites is 1. The van der Waals surface area contributed by atoms with Crippen LogP contribution in [0.1, 0.15) is 36.2 Å². The first-order valence-corrected chi connectivity index (χ1v) is 5.10. The van der Waals surface area contributed by atoms with E-state index in [1.807, 2.05) is 25.1 Å². The molecule has 0 fully saturated rings. The van der Waals surface area contributed by atoms with Crippen molar-refractivity contribution in [3.8, 4) is 5.75 Å². The SMILES string of the molecule is CCc1cccc2c1OC(CC)C2=O. The summed E-state index contributed by atoms with van der Waals surface area (Å²) >= 11 is 0. The molecule has 0 radical (unpaired) electrons. The van der Waals surface area contributed by atoms with Gasteiger partial charge in [0.05, 0.1) is 5.56 Å². The number of aryl methyl sites for hydroxylation is 1. The first kappa shape index (κ1) is 9.25. The van der Waals surface area contributed by atoms with Gasteiger partial charge in [-0.15, -0.1) is 0 Å². The van der Waals surface area contributed by atoms with Gasteiger partial charge in [0.25, 0.3) is 0 Å². The molecule has 1 unspecified atom stereocenters. The van der Waals surface area contributed by atoms with Crippen molar-refractivity contribution < 1.29 is 9.53 Å². The normalized spacial score (nSPS) is 19.3. The third-order valence-electron chi connectivity index (χ3n) is 2.67. The van der Waals surface area contributed by atoms with E-state index in [1.165, 1.54) is 0 Å². The van der Waals surface area contributed by atoms with E-state index >= 15 is 0 Å². The molecule has 1 aliphatic rings. The average Bonchev–Trinajstić information content (AvgIpc) is 2.55. The Balaban J connectivity index is 2.47. The van der Waals surface area contributed by atoms with Crippen LogP contribution in [0.3, 0.4) is 0 Å². The minimum Gasteiger partial charge on any atom is -0.481 e. The van der Waals surface area contributed by atoms with Gasteiger partial charge in [-0.05, 0) is 24.5 Å². The number of rotatable bonds is 2. The van der Waals surface area contributed by atoms with Gasteiger partial charge in [0.2, 0.25) is 5.78 Å². The van der Waals surface area contributed by atoms with Gasteiger partial charge < -0.3 is 4.74 Å². The summed E-state index contributed by atoms with van der Waals surface area (Å²) in [5.41, 5.74) is 1.89. The molecule has 0 amide bonds. The zero-order valence-corrected chi connectivity index (χ0v) is 8.54. The van der Waals surface area contributed by atoms with Crippen LogP contribution in [0.4, 0.5) is 0 Å².